The second kappa shape index (κ2) is 15.1. The first-order chi connectivity index (χ1) is 13.0. The van der Waals surface area contributed by atoms with Crippen molar-refractivity contribution in [2.24, 2.45) is 21.5 Å². The van der Waals surface area contributed by atoms with Crippen molar-refractivity contribution in [2.75, 3.05) is 5.75 Å². The van der Waals surface area contributed by atoms with E-state index >= 15 is 0 Å². The van der Waals surface area contributed by atoms with E-state index in [0.717, 1.165) is 12.2 Å². The summed E-state index contributed by atoms with van der Waals surface area (Å²) in [6.07, 6.45) is 13.2. The molecule has 0 aliphatic rings. The Hall–Kier alpha value is -0.910. The van der Waals surface area contributed by atoms with Gasteiger partial charge in [-0.15, -0.1) is 0 Å². The van der Waals surface area contributed by atoms with Crippen molar-refractivity contribution < 1.29 is 0 Å². The van der Waals surface area contributed by atoms with Gasteiger partial charge in [-0.2, -0.15) is 4.99 Å². The van der Waals surface area contributed by atoms with Crippen LogP contribution in [-0.2, 0) is 0 Å². The Balaban J connectivity index is 2.15. The topological polar surface area (TPSA) is 76.8 Å². The Morgan fingerprint density at radius 1 is 0.889 bits per heavy atom. The van der Waals surface area contributed by atoms with Crippen molar-refractivity contribution in [1.29, 1.82) is 0 Å². The van der Waals surface area contributed by atoms with Crippen molar-refractivity contribution in [2.45, 2.75) is 71.1 Å². The molecule has 0 heterocycles. The number of rotatable bonds is 12. The number of amidine groups is 1. The van der Waals surface area contributed by atoms with E-state index < -0.39 is 0 Å². The lowest BCUT2D eigenvalue weighted by Gasteiger charge is -2.03. The summed E-state index contributed by atoms with van der Waals surface area (Å²) in [5, 5.41) is 1.34. The Labute approximate surface area is 178 Å². The summed E-state index contributed by atoms with van der Waals surface area (Å²) in [5.41, 5.74) is 12.3. The minimum Gasteiger partial charge on any atom is -0.378 e. The number of hydrogen-bond donors (Lipinski definition) is 2. The molecule has 0 unspecified atom stereocenters. The largest absolute Gasteiger partial charge is 0.378 e. The molecule has 4 nitrogen and oxygen atoms in total. The summed E-state index contributed by atoms with van der Waals surface area (Å²) in [5.74, 6) is 1.06. The molecule has 7 heteroatoms. The highest BCUT2D eigenvalue weighted by Gasteiger charge is 2.01. The fraction of sp³-hybridized carbons (Fsp3) is 0.600. The maximum Gasteiger partial charge on any atom is 0.222 e. The Morgan fingerprint density at radius 3 is 2.07 bits per heavy atom. The van der Waals surface area contributed by atoms with Gasteiger partial charge in [-0.1, -0.05) is 99.7 Å². The third kappa shape index (κ3) is 12.2. The van der Waals surface area contributed by atoms with Crippen molar-refractivity contribution >= 4 is 51.8 Å². The molecule has 1 aromatic carbocycles. The number of unbranched alkanes of at least 4 members (excludes halogenated alkanes) is 9. The van der Waals surface area contributed by atoms with Crippen LogP contribution < -0.4 is 11.5 Å². The van der Waals surface area contributed by atoms with E-state index in [1.807, 2.05) is 0 Å². The minimum atomic E-state index is 0.112. The summed E-state index contributed by atoms with van der Waals surface area (Å²) < 4.78 is 0. The van der Waals surface area contributed by atoms with Gasteiger partial charge in [0, 0.05) is 5.75 Å². The predicted octanol–water partition coefficient (Wildman–Crippen LogP) is 6.91. The summed E-state index contributed by atoms with van der Waals surface area (Å²) >= 11 is 13.3. The third-order valence-corrected chi connectivity index (χ3v) is 5.74. The van der Waals surface area contributed by atoms with Crippen molar-refractivity contribution in [1.82, 2.24) is 0 Å². The zero-order valence-corrected chi connectivity index (χ0v) is 18.6. The molecule has 1 aromatic rings. The summed E-state index contributed by atoms with van der Waals surface area (Å²) in [6, 6.07) is 5.03. The first-order valence-electron chi connectivity index (χ1n) is 9.79. The number of nitrogens with zero attached hydrogens (tertiary/aromatic N) is 2. The molecule has 0 spiro atoms. The van der Waals surface area contributed by atoms with Crippen LogP contribution in [0, 0.1) is 0 Å². The molecule has 152 valence electrons. The van der Waals surface area contributed by atoms with E-state index in [2.05, 4.69) is 16.9 Å². The summed E-state index contributed by atoms with van der Waals surface area (Å²) in [4.78, 5) is 8.29. The van der Waals surface area contributed by atoms with Crippen LogP contribution in [0.1, 0.15) is 71.1 Å². The molecule has 0 atom stereocenters. The number of halogens is 2. The van der Waals surface area contributed by atoms with Gasteiger partial charge in [0.05, 0.1) is 15.7 Å². The van der Waals surface area contributed by atoms with Crippen LogP contribution in [0.15, 0.2) is 28.2 Å². The first kappa shape index (κ1) is 24.1. The van der Waals surface area contributed by atoms with Crippen molar-refractivity contribution in [3.63, 3.8) is 0 Å². The molecule has 0 aliphatic heterocycles. The van der Waals surface area contributed by atoms with Crippen LogP contribution in [0.5, 0.6) is 0 Å². The average Bonchev–Trinajstić information content (AvgIpc) is 2.62. The average molecular weight is 431 g/mol. The van der Waals surface area contributed by atoms with Gasteiger partial charge >= 0.3 is 0 Å². The van der Waals surface area contributed by atoms with Gasteiger partial charge in [0.2, 0.25) is 5.96 Å². The highest BCUT2D eigenvalue weighted by molar-refractivity contribution is 8.13. The fourth-order valence-corrected chi connectivity index (χ4v) is 3.63. The Kier molecular flexibility index (Phi) is 13.5. The SMILES string of the molecule is CCCCCCCCCCCCS/C(N)=N/C(N)=Nc1ccc(Cl)c(Cl)c1. The van der Waals surface area contributed by atoms with Gasteiger partial charge in [-0.3, -0.25) is 0 Å². The van der Waals surface area contributed by atoms with E-state index in [1.165, 1.54) is 69.5 Å². The first-order valence-corrected chi connectivity index (χ1v) is 11.5. The second-order valence-corrected chi connectivity index (χ2v) is 8.48. The molecule has 27 heavy (non-hydrogen) atoms. The quantitative estimate of drug-likeness (QED) is 0.214. The zero-order valence-electron chi connectivity index (χ0n) is 16.2. The van der Waals surface area contributed by atoms with E-state index in [9.17, 15) is 0 Å². The molecule has 0 fully saturated rings. The third-order valence-electron chi connectivity index (χ3n) is 4.12. The van der Waals surface area contributed by atoms with Gasteiger partial charge in [0.25, 0.3) is 0 Å². The molecule has 0 bridgehead atoms. The van der Waals surface area contributed by atoms with Crippen LogP contribution in [-0.4, -0.2) is 16.9 Å². The molecule has 0 amide bonds. The van der Waals surface area contributed by atoms with Crippen LogP contribution in [0.25, 0.3) is 0 Å². The monoisotopic (exact) mass is 430 g/mol. The van der Waals surface area contributed by atoms with E-state index in [-0.39, 0.29) is 5.96 Å². The summed E-state index contributed by atoms with van der Waals surface area (Å²) in [6.45, 7) is 2.26. The maximum absolute atomic E-state index is 5.95. The lowest BCUT2D eigenvalue weighted by atomic mass is 10.1. The van der Waals surface area contributed by atoms with Crippen LogP contribution in [0.3, 0.4) is 0 Å². The Morgan fingerprint density at radius 2 is 1.48 bits per heavy atom. The fourth-order valence-electron chi connectivity index (χ4n) is 2.62. The van der Waals surface area contributed by atoms with E-state index in [0.29, 0.717) is 20.9 Å². The minimum absolute atomic E-state index is 0.112. The normalized spacial score (nSPS) is 12.6. The predicted molar refractivity (Wildman–Crippen MR) is 124 cm³/mol. The van der Waals surface area contributed by atoms with Gasteiger partial charge in [0.15, 0.2) is 5.17 Å². The van der Waals surface area contributed by atoms with Crippen LogP contribution in [0.2, 0.25) is 10.0 Å². The maximum atomic E-state index is 5.95. The molecule has 0 aliphatic carbocycles. The van der Waals surface area contributed by atoms with Crippen molar-refractivity contribution in [3.8, 4) is 0 Å². The van der Waals surface area contributed by atoms with Gasteiger partial charge in [0.1, 0.15) is 0 Å². The van der Waals surface area contributed by atoms with Gasteiger partial charge < -0.3 is 11.5 Å². The van der Waals surface area contributed by atoms with Gasteiger partial charge in [-0.25, -0.2) is 4.99 Å². The molecular formula is C20H32Cl2N4S. The highest BCUT2D eigenvalue weighted by atomic mass is 35.5. The zero-order chi connectivity index (χ0) is 19.9. The van der Waals surface area contributed by atoms with Crippen molar-refractivity contribution in [3.05, 3.63) is 28.2 Å². The smallest absolute Gasteiger partial charge is 0.222 e. The molecule has 4 N–H and O–H groups in total. The lowest BCUT2D eigenvalue weighted by molar-refractivity contribution is 0.563. The number of benzene rings is 1. The number of guanidine groups is 1. The Bertz CT molecular complexity index is 606. The summed E-state index contributed by atoms with van der Waals surface area (Å²) in [7, 11) is 0. The lowest BCUT2D eigenvalue weighted by Crippen LogP contribution is -2.16. The standard InChI is InChI=1S/C20H32Cl2N4S/c1-2-3-4-5-6-7-8-9-10-11-14-27-20(24)26-19(23)25-16-12-13-17(21)18(22)15-16/h12-13,15H,2-11,14H2,1H3,(H4,23,24,25,26). The number of aliphatic imine (C=N–C) groups is 2. The molecule has 0 saturated carbocycles. The molecular weight excluding hydrogens is 399 g/mol. The molecule has 1 rings (SSSR count). The van der Waals surface area contributed by atoms with Crippen LogP contribution >= 0.6 is 35.0 Å². The molecule has 0 saturated heterocycles. The molecule has 0 radical (unpaired) electrons. The van der Waals surface area contributed by atoms with Crippen LogP contribution in [0.4, 0.5) is 5.69 Å². The van der Waals surface area contributed by atoms with E-state index in [1.54, 1.807) is 18.2 Å². The van der Waals surface area contributed by atoms with E-state index in [4.69, 9.17) is 34.7 Å². The highest BCUT2D eigenvalue weighted by Crippen LogP contribution is 2.26. The van der Waals surface area contributed by atoms with Gasteiger partial charge in [-0.05, 0) is 24.6 Å². The molecule has 0 aromatic heterocycles. The second-order valence-electron chi connectivity index (χ2n) is 6.55. The number of hydrogen-bond acceptors (Lipinski definition) is 2. The number of nitrogens with two attached hydrogens (primary N) is 2. The number of thioether (sulfide) groups is 1.